The van der Waals surface area contributed by atoms with Gasteiger partial charge in [0.05, 0.1) is 20.6 Å². The second kappa shape index (κ2) is 10.6. The highest BCUT2D eigenvalue weighted by molar-refractivity contribution is 7.86. The van der Waals surface area contributed by atoms with Gasteiger partial charge >= 0.3 is 0 Å². The Morgan fingerprint density at radius 1 is 0.870 bits per heavy atom. The number of quaternary nitrogens is 1. The Morgan fingerprint density at radius 2 is 1.26 bits per heavy atom. The van der Waals surface area contributed by atoms with Crippen molar-refractivity contribution in [1.82, 2.24) is 0 Å². The molecule has 0 bridgehead atoms. The van der Waals surface area contributed by atoms with Gasteiger partial charge in [-0.2, -0.15) is 0 Å². The molecule has 0 aliphatic heterocycles. The van der Waals surface area contributed by atoms with Crippen LogP contribution in [0.25, 0.3) is 0 Å². The van der Waals surface area contributed by atoms with Crippen LogP contribution >= 0.6 is 0 Å². The molecular weight excluding hydrogens is 314 g/mol. The third-order valence-electron chi connectivity index (χ3n) is 4.88. The molecule has 0 aromatic heterocycles. The fourth-order valence-electron chi connectivity index (χ4n) is 3.08. The summed E-state index contributed by atoms with van der Waals surface area (Å²) in [6.45, 7) is 4.24. The van der Waals surface area contributed by atoms with Crippen molar-refractivity contribution in [2.24, 2.45) is 0 Å². The van der Waals surface area contributed by atoms with Crippen LogP contribution in [-0.2, 0) is 10.1 Å². The van der Waals surface area contributed by atoms with Crippen molar-refractivity contribution < 1.29 is 22.6 Å². The van der Waals surface area contributed by atoms with Crippen molar-refractivity contribution in [2.45, 2.75) is 89.5 Å². The minimum absolute atomic E-state index is 0.0937. The Hall–Kier alpha value is -0.170. The smallest absolute Gasteiger partial charge is 0.292 e. The van der Waals surface area contributed by atoms with Crippen LogP contribution in [0.1, 0.15) is 84.5 Å². The highest BCUT2D eigenvalue weighted by atomic mass is 32.2. The van der Waals surface area contributed by atoms with Crippen molar-refractivity contribution in [2.75, 3.05) is 20.6 Å². The lowest BCUT2D eigenvalue weighted by Gasteiger charge is -2.45. The summed E-state index contributed by atoms with van der Waals surface area (Å²) in [5.41, 5.74) is 0. The molecule has 0 saturated carbocycles. The fourth-order valence-corrected chi connectivity index (χ4v) is 4.13. The normalized spacial score (nSPS) is 15.6. The van der Waals surface area contributed by atoms with Gasteiger partial charge in [0.25, 0.3) is 5.06 Å². The first-order chi connectivity index (χ1) is 10.6. The first-order valence-corrected chi connectivity index (χ1v) is 10.5. The molecule has 140 valence electrons. The summed E-state index contributed by atoms with van der Waals surface area (Å²) in [5, 5.41) is 8.07. The number of hydrogen-bond acceptors (Lipinski definition) is 4. The molecule has 1 N–H and O–H groups in total. The van der Waals surface area contributed by atoms with Crippen LogP contribution in [0.3, 0.4) is 0 Å². The lowest BCUT2D eigenvalue weighted by atomic mass is 10.1. The fraction of sp³-hybridized carbons (Fsp3) is 1.00. The molecule has 0 spiro atoms. The molecule has 0 aliphatic carbocycles. The zero-order valence-electron chi connectivity index (χ0n) is 15.5. The summed E-state index contributed by atoms with van der Waals surface area (Å²) in [6.07, 6.45) is 11.9. The zero-order valence-corrected chi connectivity index (χ0v) is 16.3. The van der Waals surface area contributed by atoms with E-state index < -0.39 is 15.2 Å². The van der Waals surface area contributed by atoms with Crippen molar-refractivity contribution >= 4 is 10.1 Å². The molecule has 1 atom stereocenters. The minimum atomic E-state index is -4.76. The molecule has 0 saturated heterocycles. The van der Waals surface area contributed by atoms with Crippen LogP contribution in [0.15, 0.2) is 0 Å². The first-order valence-electron chi connectivity index (χ1n) is 9.13. The summed E-state index contributed by atoms with van der Waals surface area (Å²) in [5.74, 6) is 0. The van der Waals surface area contributed by atoms with E-state index >= 15 is 0 Å². The third-order valence-corrected chi connectivity index (χ3v) is 6.46. The summed E-state index contributed by atoms with van der Waals surface area (Å²) in [7, 11) is -1.52. The molecule has 5 nitrogen and oxygen atoms in total. The van der Waals surface area contributed by atoms with E-state index in [2.05, 4.69) is 6.92 Å². The number of rotatable bonds is 14. The van der Waals surface area contributed by atoms with Crippen molar-refractivity contribution in [1.29, 1.82) is 0 Å². The van der Waals surface area contributed by atoms with E-state index in [9.17, 15) is 18.1 Å². The maximum atomic E-state index is 11.4. The van der Waals surface area contributed by atoms with E-state index in [1.54, 1.807) is 14.1 Å². The van der Waals surface area contributed by atoms with Gasteiger partial charge in [0.2, 0.25) is 0 Å². The Labute approximate surface area is 143 Å². The van der Waals surface area contributed by atoms with E-state index in [4.69, 9.17) is 0 Å². The van der Waals surface area contributed by atoms with E-state index in [0.29, 0.717) is 6.54 Å². The van der Waals surface area contributed by atoms with Crippen LogP contribution in [0.2, 0.25) is 0 Å². The quantitative estimate of drug-likeness (QED) is 0.224. The summed E-state index contributed by atoms with van der Waals surface area (Å²) >= 11 is 0. The molecule has 0 aliphatic rings. The van der Waals surface area contributed by atoms with Gasteiger partial charge in [0.1, 0.15) is 0 Å². The minimum Gasteiger partial charge on any atom is -0.741 e. The molecule has 0 radical (unpaired) electrons. The first kappa shape index (κ1) is 22.8. The van der Waals surface area contributed by atoms with E-state index in [1.165, 1.54) is 51.9 Å². The van der Waals surface area contributed by atoms with Crippen LogP contribution in [-0.4, -0.2) is 48.3 Å². The number of hydrogen-bond donors (Lipinski definition) is 1. The second-order valence-electron chi connectivity index (χ2n) is 7.14. The maximum absolute atomic E-state index is 11.4. The molecule has 0 rings (SSSR count). The predicted octanol–water partition coefficient (Wildman–Crippen LogP) is 3.59. The van der Waals surface area contributed by atoms with Crippen molar-refractivity contribution in [3.8, 4) is 0 Å². The van der Waals surface area contributed by atoms with Gasteiger partial charge in [0, 0.05) is 6.42 Å². The van der Waals surface area contributed by atoms with Gasteiger partial charge in [-0.25, -0.2) is 8.42 Å². The zero-order chi connectivity index (χ0) is 18.0. The molecule has 0 aromatic carbocycles. The molecule has 0 fully saturated rings. The Balaban J connectivity index is 3.99. The Bertz CT molecular complexity index is 409. The molecule has 0 aromatic rings. The molecule has 23 heavy (non-hydrogen) atoms. The number of nitrogens with zero attached hydrogens (tertiary/aromatic N) is 1. The van der Waals surface area contributed by atoms with Crippen LogP contribution in [0.4, 0.5) is 0 Å². The van der Waals surface area contributed by atoms with Gasteiger partial charge in [-0.1, -0.05) is 65.2 Å². The van der Waals surface area contributed by atoms with Gasteiger partial charge in [-0.05, 0) is 12.8 Å². The van der Waals surface area contributed by atoms with Crippen LogP contribution < -0.4 is 0 Å². The lowest BCUT2D eigenvalue weighted by molar-refractivity contribution is -0.950. The van der Waals surface area contributed by atoms with Gasteiger partial charge in [0.15, 0.2) is 10.1 Å². The Kier molecular flexibility index (Phi) is 10.6. The molecular formula is C17H37NO4S. The average molecular weight is 352 g/mol. The van der Waals surface area contributed by atoms with Gasteiger partial charge in [-0.3, -0.25) is 4.48 Å². The van der Waals surface area contributed by atoms with E-state index in [-0.39, 0.29) is 10.9 Å². The monoisotopic (exact) mass is 351 g/mol. The van der Waals surface area contributed by atoms with Crippen LogP contribution in [0.5, 0.6) is 0 Å². The summed E-state index contributed by atoms with van der Waals surface area (Å²) in [6, 6.07) is 0. The van der Waals surface area contributed by atoms with Gasteiger partial charge in [-0.15, -0.1) is 0 Å². The highest BCUT2D eigenvalue weighted by Gasteiger charge is 2.48. The lowest BCUT2D eigenvalue weighted by Crippen LogP contribution is -2.63. The van der Waals surface area contributed by atoms with E-state index in [0.717, 1.165) is 19.3 Å². The van der Waals surface area contributed by atoms with Gasteiger partial charge < -0.3 is 9.66 Å². The largest absolute Gasteiger partial charge is 0.741 e. The van der Waals surface area contributed by atoms with Crippen LogP contribution in [0, 0.1) is 0 Å². The number of aliphatic hydroxyl groups is 1. The topological polar surface area (TPSA) is 77.4 Å². The SMILES string of the molecule is CCCCCCCCCCCC[N+](C)(C)C(O)(CC)S(=O)(=O)[O-]. The Morgan fingerprint density at radius 3 is 1.61 bits per heavy atom. The molecule has 6 heteroatoms. The number of unbranched alkanes of at least 4 members (excludes halogenated alkanes) is 9. The molecule has 0 amide bonds. The summed E-state index contributed by atoms with van der Waals surface area (Å²) < 4.78 is 34.0. The standard InChI is InChI=1S/C17H37NO4S/c1-5-7-8-9-10-11-12-13-14-15-16-18(3,4)17(19,6-2)23(20,21)22/h19H,5-16H2,1-4H3. The maximum Gasteiger partial charge on any atom is 0.292 e. The van der Waals surface area contributed by atoms with Crippen molar-refractivity contribution in [3.05, 3.63) is 0 Å². The average Bonchev–Trinajstić information content (AvgIpc) is 2.46. The second-order valence-corrected chi connectivity index (χ2v) is 8.70. The third kappa shape index (κ3) is 7.50. The summed E-state index contributed by atoms with van der Waals surface area (Å²) in [4.78, 5) is 0. The molecule has 1 unspecified atom stereocenters. The van der Waals surface area contributed by atoms with E-state index in [1.807, 2.05) is 0 Å². The highest BCUT2D eigenvalue weighted by Crippen LogP contribution is 2.28. The van der Waals surface area contributed by atoms with Crippen molar-refractivity contribution in [3.63, 3.8) is 0 Å². The predicted molar refractivity (Wildman–Crippen MR) is 93.8 cm³/mol. The molecule has 0 heterocycles.